The van der Waals surface area contributed by atoms with Gasteiger partial charge in [0.1, 0.15) is 5.82 Å². The number of hydrogen-bond donors (Lipinski definition) is 1. The second-order valence-electron chi connectivity index (χ2n) is 7.05. The minimum Gasteiger partial charge on any atom is -0.306 e. The summed E-state index contributed by atoms with van der Waals surface area (Å²) in [5.74, 6) is -0.126. The highest BCUT2D eigenvalue weighted by Crippen LogP contribution is 2.23. The largest absolute Gasteiger partial charge is 0.306 e. The molecule has 3 aromatic rings. The van der Waals surface area contributed by atoms with E-state index in [1.807, 2.05) is 0 Å². The summed E-state index contributed by atoms with van der Waals surface area (Å²) in [6.07, 6.45) is 0. The molecular formula is C21H17N5O5S. The van der Waals surface area contributed by atoms with E-state index in [1.54, 1.807) is 49.4 Å². The second-order valence-corrected chi connectivity index (χ2v) is 7.97. The first-order valence-corrected chi connectivity index (χ1v) is 10.5. The van der Waals surface area contributed by atoms with Crippen LogP contribution in [0.1, 0.15) is 21.6 Å². The normalized spacial score (nSPS) is 13.5. The number of non-ortho nitro benzene ring substituents is 1. The van der Waals surface area contributed by atoms with Gasteiger partial charge in [0.15, 0.2) is 0 Å². The number of aryl methyl sites for hydroxylation is 1. The molecule has 0 bridgehead atoms. The van der Waals surface area contributed by atoms with Crippen molar-refractivity contribution in [3.05, 3.63) is 81.5 Å². The van der Waals surface area contributed by atoms with Crippen LogP contribution in [0.4, 0.5) is 16.3 Å². The molecule has 3 amide bonds. The maximum absolute atomic E-state index is 12.9. The zero-order valence-corrected chi connectivity index (χ0v) is 17.7. The Balaban J connectivity index is 1.54. The van der Waals surface area contributed by atoms with Crippen molar-refractivity contribution in [2.24, 2.45) is 0 Å². The minimum atomic E-state index is -0.490. The van der Waals surface area contributed by atoms with Crippen molar-refractivity contribution in [1.82, 2.24) is 14.7 Å². The fraction of sp³-hybridized carbons (Fsp3) is 0.143. The van der Waals surface area contributed by atoms with Crippen LogP contribution in [-0.2, 0) is 11.3 Å². The maximum Gasteiger partial charge on any atom is 0.289 e. The molecule has 1 saturated heterocycles. The standard InChI is InChI=1S/C21H17N5O5S/c1-13-9-18(25(23-13)16-5-7-17(8-6-16)26(30)31)22-20(28)15-4-2-3-14(10-15)11-24-19(27)12-32-21(24)29/h2-10H,11-12H2,1H3,(H,22,28). The van der Waals surface area contributed by atoms with Crippen molar-refractivity contribution in [2.75, 3.05) is 11.1 Å². The number of nitro groups is 1. The quantitative estimate of drug-likeness (QED) is 0.448. The van der Waals surface area contributed by atoms with Crippen LogP contribution in [0.25, 0.3) is 5.69 Å². The van der Waals surface area contributed by atoms with E-state index >= 15 is 0 Å². The number of carbonyl (C=O) groups excluding carboxylic acids is 3. The predicted octanol–water partition coefficient (Wildman–Crippen LogP) is 3.54. The third-order valence-electron chi connectivity index (χ3n) is 4.75. The van der Waals surface area contributed by atoms with Crippen molar-refractivity contribution in [2.45, 2.75) is 13.5 Å². The molecule has 0 unspecified atom stereocenters. The van der Waals surface area contributed by atoms with Gasteiger partial charge in [0.2, 0.25) is 5.91 Å². The van der Waals surface area contributed by atoms with Crippen molar-refractivity contribution in [3.8, 4) is 5.69 Å². The van der Waals surface area contributed by atoms with E-state index in [1.165, 1.54) is 16.8 Å². The van der Waals surface area contributed by atoms with Crippen LogP contribution in [-0.4, -0.2) is 42.4 Å². The van der Waals surface area contributed by atoms with Gasteiger partial charge < -0.3 is 5.32 Å². The summed E-state index contributed by atoms with van der Waals surface area (Å²) < 4.78 is 1.49. The van der Waals surface area contributed by atoms with Gasteiger partial charge in [0, 0.05) is 23.8 Å². The fourth-order valence-electron chi connectivity index (χ4n) is 3.22. The van der Waals surface area contributed by atoms with Gasteiger partial charge in [-0.1, -0.05) is 23.9 Å². The van der Waals surface area contributed by atoms with Crippen molar-refractivity contribution in [1.29, 1.82) is 0 Å². The number of nitro benzene ring substituents is 1. The third kappa shape index (κ3) is 4.37. The lowest BCUT2D eigenvalue weighted by molar-refractivity contribution is -0.384. The third-order valence-corrected chi connectivity index (χ3v) is 5.61. The lowest BCUT2D eigenvalue weighted by Crippen LogP contribution is -2.28. The summed E-state index contributed by atoms with van der Waals surface area (Å²) in [6.45, 7) is 1.87. The molecule has 0 radical (unpaired) electrons. The molecule has 0 spiro atoms. The topological polar surface area (TPSA) is 127 Å². The van der Waals surface area contributed by atoms with E-state index in [-0.39, 0.29) is 29.1 Å². The van der Waals surface area contributed by atoms with Crippen LogP contribution >= 0.6 is 11.8 Å². The average molecular weight is 451 g/mol. The van der Waals surface area contributed by atoms with Crippen LogP contribution in [0.2, 0.25) is 0 Å². The number of amides is 3. The molecule has 0 saturated carbocycles. The summed E-state index contributed by atoms with van der Waals surface area (Å²) in [7, 11) is 0. The number of benzene rings is 2. The van der Waals surface area contributed by atoms with E-state index < -0.39 is 10.8 Å². The fourth-order valence-corrected chi connectivity index (χ4v) is 3.94. The van der Waals surface area contributed by atoms with Gasteiger partial charge in [0.05, 0.1) is 28.6 Å². The number of carbonyl (C=O) groups is 3. The molecule has 2 heterocycles. The summed E-state index contributed by atoms with van der Waals surface area (Å²) in [5, 5.41) is 17.7. The molecule has 0 aliphatic carbocycles. The molecule has 10 nitrogen and oxygen atoms in total. The molecule has 0 atom stereocenters. The average Bonchev–Trinajstić information content (AvgIpc) is 3.30. The monoisotopic (exact) mass is 451 g/mol. The zero-order valence-electron chi connectivity index (χ0n) is 16.8. The van der Waals surface area contributed by atoms with Gasteiger partial charge in [-0.15, -0.1) is 0 Å². The van der Waals surface area contributed by atoms with Crippen molar-refractivity contribution < 1.29 is 19.3 Å². The molecule has 1 aromatic heterocycles. The Labute approximate surface area is 186 Å². The van der Waals surface area contributed by atoms with Crippen LogP contribution in [0.15, 0.2) is 54.6 Å². The highest BCUT2D eigenvalue weighted by molar-refractivity contribution is 8.14. The Morgan fingerprint density at radius 2 is 1.94 bits per heavy atom. The van der Waals surface area contributed by atoms with Gasteiger partial charge in [-0.05, 0) is 36.8 Å². The number of rotatable bonds is 6. The molecule has 11 heteroatoms. The minimum absolute atomic E-state index is 0.0478. The summed E-state index contributed by atoms with van der Waals surface area (Å²) in [6, 6.07) is 14.2. The number of imide groups is 1. The molecule has 162 valence electrons. The molecule has 32 heavy (non-hydrogen) atoms. The van der Waals surface area contributed by atoms with Gasteiger partial charge in [-0.2, -0.15) is 5.10 Å². The van der Waals surface area contributed by atoms with Gasteiger partial charge in [0.25, 0.3) is 16.8 Å². The van der Waals surface area contributed by atoms with Crippen LogP contribution in [0, 0.1) is 17.0 Å². The SMILES string of the molecule is Cc1cc(NC(=O)c2cccc(CN3C(=O)CSC3=O)c2)n(-c2ccc([N+](=O)[O-])cc2)n1. The molecule has 1 aliphatic rings. The number of aromatic nitrogens is 2. The van der Waals surface area contributed by atoms with Crippen LogP contribution < -0.4 is 5.32 Å². The Bertz CT molecular complexity index is 1220. The lowest BCUT2D eigenvalue weighted by atomic mass is 10.1. The van der Waals surface area contributed by atoms with Gasteiger partial charge >= 0.3 is 0 Å². The van der Waals surface area contributed by atoms with E-state index in [2.05, 4.69) is 10.4 Å². The maximum atomic E-state index is 12.9. The van der Waals surface area contributed by atoms with Gasteiger partial charge in [-0.25, -0.2) is 4.68 Å². The number of thioether (sulfide) groups is 1. The van der Waals surface area contributed by atoms with Crippen LogP contribution in [0.3, 0.4) is 0 Å². The van der Waals surface area contributed by atoms with E-state index in [4.69, 9.17) is 0 Å². The summed E-state index contributed by atoms with van der Waals surface area (Å²) >= 11 is 0.960. The zero-order chi connectivity index (χ0) is 22.8. The predicted molar refractivity (Wildman–Crippen MR) is 118 cm³/mol. The molecule has 1 aliphatic heterocycles. The Morgan fingerprint density at radius 3 is 2.59 bits per heavy atom. The molecule has 1 fully saturated rings. The Morgan fingerprint density at radius 1 is 1.19 bits per heavy atom. The van der Waals surface area contributed by atoms with Crippen LogP contribution in [0.5, 0.6) is 0 Å². The highest BCUT2D eigenvalue weighted by Gasteiger charge is 2.29. The molecule has 4 rings (SSSR count). The second kappa shape index (κ2) is 8.63. The number of anilines is 1. The first-order valence-electron chi connectivity index (χ1n) is 9.51. The van der Waals surface area contributed by atoms with E-state index in [0.717, 1.165) is 16.7 Å². The molecule has 2 aromatic carbocycles. The number of hydrogen-bond acceptors (Lipinski definition) is 7. The summed E-state index contributed by atoms with van der Waals surface area (Å²) in [4.78, 5) is 48.1. The van der Waals surface area contributed by atoms with Crippen molar-refractivity contribution >= 4 is 40.3 Å². The van der Waals surface area contributed by atoms with E-state index in [9.17, 15) is 24.5 Å². The Hall–Kier alpha value is -3.99. The lowest BCUT2D eigenvalue weighted by Gasteiger charge is -2.14. The Kier molecular flexibility index (Phi) is 5.73. The molecule has 1 N–H and O–H groups in total. The van der Waals surface area contributed by atoms with E-state index in [0.29, 0.717) is 28.3 Å². The smallest absolute Gasteiger partial charge is 0.289 e. The highest BCUT2D eigenvalue weighted by atomic mass is 32.2. The first kappa shape index (κ1) is 21.2. The number of nitrogens with one attached hydrogen (secondary N) is 1. The first-order chi connectivity index (χ1) is 15.3. The molecular weight excluding hydrogens is 434 g/mol. The summed E-state index contributed by atoms with van der Waals surface area (Å²) in [5.41, 5.74) is 2.16. The van der Waals surface area contributed by atoms with Crippen molar-refractivity contribution in [3.63, 3.8) is 0 Å². The number of nitrogens with zero attached hydrogens (tertiary/aromatic N) is 4. The van der Waals surface area contributed by atoms with Gasteiger partial charge in [-0.3, -0.25) is 29.4 Å².